The summed E-state index contributed by atoms with van der Waals surface area (Å²) in [7, 11) is 0. The van der Waals surface area contributed by atoms with Gasteiger partial charge in [-0.2, -0.15) is 0 Å². The molecule has 0 aromatic heterocycles. The minimum atomic E-state index is -0.556. The van der Waals surface area contributed by atoms with Crippen molar-refractivity contribution >= 4 is 27.5 Å². The minimum Gasteiger partial charge on any atom is -0.376 e. The average molecular weight is 405 g/mol. The van der Waals surface area contributed by atoms with Crippen molar-refractivity contribution in [1.82, 2.24) is 4.90 Å². The lowest BCUT2D eigenvalue weighted by molar-refractivity contribution is 0.0423. The van der Waals surface area contributed by atoms with Crippen LogP contribution in [0.3, 0.4) is 0 Å². The van der Waals surface area contributed by atoms with Gasteiger partial charge in [0.2, 0.25) is 0 Å². The van der Waals surface area contributed by atoms with Crippen LogP contribution in [-0.4, -0.2) is 30.1 Å². The van der Waals surface area contributed by atoms with Gasteiger partial charge < -0.3 is 15.0 Å². The molecule has 1 saturated heterocycles. The second kappa shape index (κ2) is 6.77. The van der Waals surface area contributed by atoms with Gasteiger partial charge in [0.05, 0.1) is 11.7 Å². The van der Waals surface area contributed by atoms with E-state index in [0.717, 1.165) is 18.5 Å². The number of carbonyl (C=O) groups excluding carboxylic acids is 1. The molecule has 6 heteroatoms. The van der Waals surface area contributed by atoms with Crippen molar-refractivity contribution in [2.75, 3.05) is 18.5 Å². The largest absolute Gasteiger partial charge is 0.376 e. The Hall–Kier alpha value is -1.92. The van der Waals surface area contributed by atoms with Crippen LogP contribution in [0.1, 0.15) is 34.9 Å². The molecule has 25 heavy (non-hydrogen) atoms. The smallest absolute Gasteiger partial charge is 0.257 e. The molecule has 130 valence electrons. The van der Waals surface area contributed by atoms with Gasteiger partial charge in [0, 0.05) is 28.9 Å². The Balaban J connectivity index is 1.74. The number of halogens is 2. The summed E-state index contributed by atoms with van der Waals surface area (Å²) in [5, 5.41) is 3.32. The van der Waals surface area contributed by atoms with E-state index in [9.17, 15) is 9.18 Å². The molecular formula is C19H18BrFN2O2. The number of hydrogen-bond acceptors (Lipinski definition) is 3. The molecule has 0 radical (unpaired) electrons. The second-order valence-corrected chi connectivity index (χ2v) is 7.27. The Morgan fingerprint density at radius 3 is 2.88 bits per heavy atom. The van der Waals surface area contributed by atoms with E-state index in [0.29, 0.717) is 28.8 Å². The summed E-state index contributed by atoms with van der Waals surface area (Å²) in [6.45, 7) is 1.16. The third kappa shape index (κ3) is 3.16. The van der Waals surface area contributed by atoms with Gasteiger partial charge in [-0.15, -0.1) is 0 Å². The number of hydrogen-bond donors (Lipinski definition) is 1. The molecular weight excluding hydrogens is 387 g/mol. The van der Waals surface area contributed by atoms with E-state index in [1.165, 1.54) is 6.07 Å². The molecule has 2 atom stereocenters. The number of amides is 1. The molecule has 0 bridgehead atoms. The van der Waals surface area contributed by atoms with Crippen molar-refractivity contribution in [1.29, 1.82) is 0 Å². The molecule has 2 heterocycles. The van der Waals surface area contributed by atoms with Gasteiger partial charge in [0.25, 0.3) is 5.91 Å². The number of fused-ring (bicyclic) bond motifs is 1. The van der Waals surface area contributed by atoms with Crippen LogP contribution in [0, 0.1) is 5.82 Å². The van der Waals surface area contributed by atoms with Crippen molar-refractivity contribution in [2.45, 2.75) is 25.1 Å². The first-order chi connectivity index (χ1) is 12.1. The number of ether oxygens (including phenoxy) is 1. The highest BCUT2D eigenvalue weighted by Crippen LogP contribution is 2.35. The predicted molar refractivity (Wildman–Crippen MR) is 96.9 cm³/mol. The van der Waals surface area contributed by atoms with Crippen LogP contribution < -0.4 is 5.32 Å². The predicted octanol–water partition coefficient (Wildman–Crippen LogP) is 4.33. The standard InChI is InChI=1S/C19H18BrFN2O2/c20-12-7-8-14(16(21)10-12)18-22-17-6-2-1-5-15(17)19(24)23(18)11-13-4-3-9-25-13/h1-2,5-8,10,13,18,22H,3-4,9,11H2. The zero-order chi connectivity index (χ0) is 17.4. The molecule has 2 aliphatic rings. The molecule has 1 N–H and O–H groups in total. The van der Waals surface area contributed by atoms with Crippen LogP contribution in [0.25, 0.3) is 0 Å². The summed E-state index contributed by atoms with van der Waals surface area (Å²) < 4.78 is 21.0. The molecule has 0 aliphatic carbocycles. The maximum absolute atomic E-state index is 14.6. The summed E-state index contributed by atoms with van der Waals surface area (Å²) in [5.74, 6) is -0.450. The fourth-order valence-corrected chi connectivity index (χ4v) is 3.79. The molecule has 4 nitrogen and oxygen atoms in total. The first-order valence-corrected chi connectivity index (χ1v) is 9.16. The quantitative estimate of drug-likeness (QED) is 0.827. The molecule has 2 aromatic rings. The average Bonchev–Trinajstić information content (AvgIpc) is 3.11. The Morgan fingerprint density at radius 2 is 2.12 bits per heavy atom. The minimum absolute atomic E-state index is 0.00276. The van der Waals surface area contributed by atoms with Crippen LogP contribution in [-0.2, 0) is 4.74 Å². The van der Waals surface area contributed by atoms with Crippen LogP contribution in [0.4, 0.5) is 10.1 Å². The maximum Gasteiger partial charge on any atom is 0.257 e. The highest BCUT2D eigenvalue weighted by Gasteiger charge is 2.36. The molecule has 1 fully saturated rings. The maximum atomic E-state index is 14.6. The fraction of sp³-hybridized carbons (Fsp3) is 0.316. The van der Waals surface area contributed by atoms with E-state index in [2.05, 4.69) is 21.2 Å². The number of rotatable bonds is 3. The van der Waals surface area contributed by atoms with Crippen molar-refractivity contribution in [3.05, 3.63) is 63.9 Å². The fourth-order valence-electron chi connectivity index (χ4n) is 3.46. The molecule has 2 unspecified atom stereocenters. The molecule has 0 spiro atoms. The lowest BCUT2D eigenvalue weighted by Crippen LogP contribution is -2.46. The summed E-state index contributed by atoms with van der Waals surface area (Å²) in [6, 6.07) is 12.3. The summed E-state index contributed by atoms with van der Waals surface area (Å²) in [4.78, 5) is 14.8. The van der Waals surface area contributed by atoms with Gasteiger partial charge >= 0.3 is 0 Å². The summed E-state index contributed by atoms with van der Waals surface area (Å²) in [5.41, 5.74) is 1.78. The van der Waals surface area contributed by atoms with Crippen molar-refractivity contribution in [3.63, 3.8) is 0 Å². The van der Waals surface area contributed by atoms with Gasteiger partial charge in [-0.1, -0.05) is 34.1 Å². The van der Waals surface area contributed by atoms with E-state index < -0.39 is 6.17 Å². The van der Waals surface area contributed by atoms with E-state index in [4.69, 9.17) is 4.74 Å². The Kier molecular flexibility index (Phi) is 4.48. The number of para-hydroxylation sites is 1. The van der Waals surface area contributed by atoms with Gasteiger partial charge in [-0.05, 0) is 37.1 Å². The third-order valence-corrected chi connectivity index (χ3v) is 5.20. The normalized spacial score (nSPS) is 22.6. The third-order valence-electron chi connectivity index (χ3n) is 4.70. The molecule has 0 saturated carbocycles. The van der Waals surface area contributed by atoms with Gasteiger partial charge in [0.15, 0.2) is 0 Å². The van der Waals surface area contributed by atoms with Crippen molar-refractivity contribution in [3.8, 4) is 0 Å². The van der Waals surface area contributed by atoms with Crippen LogP contribution >= 0.6 is 15.9 Å². The van der Waals surface area contributed by atoms with Crippen LogP contribution in [0.15, 0.2) is 46.9 Å². The Labute approximate surface area is 154 Å². The lowest BCUT2D eigenvalue weighted by Gasteiger charge is -2.39. The van der Waals surface area contributed by atoms with Gasteiger partial charge in [0.1, 0.15) is 12.0 Å². The molecule has 1 amide bonds. The summed E-state index contributed by atoms with van der Waals surface area (Å²) in [6.07, 6.45) is 1.35. The van der Waals surface area contributed by atoms with Gasteiger partial charge in [-0.3, -0.25) is 4.79 Å². The zero-order valence-corrected chi connectivity index (χ0v) is 15.1. The first-order valence-electron chi connectivity index (χ1n) is 8.36. The zero-order valence-electron chi connectivity index (χ0n) is 13.5. The van der Waals surface area contributed by atoms with Gasteiger partial charge in [-0.25, -0.2) is 4.39 Å². The Morgan fingerprint density at radius 1 is 1.28 bits per heavy atom. The first kappa shape index (κ1) is 16.5. The van der Waals surface area contributed by atoms with E-state index in [1.807, 2.05) is 18.2 Å². The van der Waals surface area contributed by atoms with Crippen LogP contribution in [0.5, 0.6) is 0 Å². The molecule has 4 rings (SSSR count). The number of nitrogens with one attached hydrogen (secondary N) is 1. The number of anilines is 1. The van der Waals surface area contributed by atoms with E-state index >= 15 is 0 Å². The highest BCUT2D eigenvalue weighted by atomic mass is 79.9. The van der Waals surface area contributed by atoms with Crippen molar-refractivity contribution in [2.24, 2.45) is 0 Å². The lowest BCUT2D eigenvalue weighted by atomic mass is 10.0. The SMILES string of the molecule is O=C1c2ccccc2NC(c2ccc(Br)cc2F)N1CC1CCCO1. The second-order valence-electron chi connectivity index (χ2n) is 6.35. The number of benzene rings is 2. The highest BCUT2D eigenvalue weighted by molar-refractivity contribution is 9.10. The Bertz CT molecular complexity index is 808. The van der Waals surface area contributed by atoms with Crippen molar-refractivity contribution < 1.29 is 13.9 Å². The molecule has 2 aromatic carbocycles. The molecule has 2 aliphatic heterocycles. The topological polar surface area (TPSA) is 41.6 Å². The monoisotopic (exact) mass is 404 g/mol. The summed E-state index contributed by atoms with van der Waals surface area (Å²) >= 11 is 3.28. The van der Waals surface area contributed by atoms with Crippen LogP contribution in [0.2, 0.25) is 0 Å². The van der Waals surface area contributed by atoms with E-state index in [-0.39, 0.29) is 17.8 Å². The number of nitrogens with zero attached hydrogens (tertiary/aromatic N) is 1. The number of carbonyl (C=O) groups is 1. The van der Waals surface area contributed by atoms with E-state index in [1.54, 1.807) is 23.1 Å².